The van der Waals surface area contributed by atoms with E-state index in [9.17, 15) is 62.5 Å². The molecule has 5 aliphatic heterocycles. The second-order valence-electron chi connectivity index (χ2n) is 27.8. The van der Waals surface area contributed by atoms with E-state index >= 15 is 4.39 Å². The van der Waals surface area contributed by atoms with Gasteiger partial charge in [-0.15, -0.1) is 0 Å². The molecule has 9 heterocycles. The van der Waals surface area contributed by atoms with Gasteiger partial charge in [0.25, 0.3) is 0 Å². The Balaban J connectivity index is 0.000000260. The van der Waals surface area contributed by atoms with E-state index in [1.54, 1.807) is 47.7 Å². The van der Waals surface area contributed by atoms with Gasteiger partial charge >= 0.3 is 53.0 Å². The number of aliphatic hydroxyl groups is 2. The number of halogens is 2. The minimum absolute atomic E-state index is 0. The topological polar surface area (TPSA) is 497 Å². The first-order valence-electron chi connectivity index (χ1n) is 35.4. The number of ether oxygens (including phenoxy) is 10. The predicted octanol–water partition coefficient (Wildman–Crippen LogP) is 7.71. The number of benzene rings is 3. The normalized spacial score (nSPS) is 29.8. The fourth-order valence-corrected chi connectivity index (χ4v) is 20.1. The molecule has 5 fully saturated rings. The number of nitrogens with zero attached hydrogens (tertiary/aromatic N) is 8. The van der Waals surface area contributed by atoms with Crippen LogP contribution in [0, 0.1) is 23.7 Å². The van der Waals surface area contributed by atoms with Gasteiger partial charge in [0.05, 0.1) is 48.6 Å². The molecular weight excluding hydrogens is 1640 g/mol. The molecule has 5 saturated heterocycles. The van der Waals surface area contributed by atoms with Crippen molar-refractivity contribution in [3.05, 3.63) is 133 Å². The zero-order chi connectivity index (χ0) is 82.7. The van der Waals surface area contributed by atoms with Crippen LogP contribution >= 0.6 is 29.1 Å². The number of carbonyl (C=O) groups excluding carboxylic acids is 4. The first-order chi connectivity index (χ1) is 53.7. The van der Waals surface area contributed by atoms with Crippen molar-refractivity contribution in [2.24, 2.45) is 23.7 Å². The Morgan fingerprint density at radius 2 is 0.991 bits per heavy atom. The molecule has 46 heteroatoms. The van der Waals surface area contributed by atoms with Crippen molar-refractivity contribution in [1.29, 1.82) is 0 Å². The molecule has 0 bridgehead atoms. The van der Waals surface area contributed by atoms with Crippen molar-refractivity contribution in [1.82, 2.24) is 39.5 Å². The lowest BCUT2D eigenvalue weighted by Gasteiger charge is -2.44. The Kier molecular flexibility index (Phi) is 29.3. The molecule has 12 rings (SSSR count). The fraction of sp³-hybridized carbons (Fsp3) is 0.536. The van der Waals surface area contributed by atoms with Gasteiger partial charge in [0.1, 0.15) is 79.7 Å². The van der Waals surface area contributed by atoms with Gasteiger partial charge in [-0.1, -0.05) is 126 Å². The maximum atomic E-state index is 15.3. The Labute approximate surface area is 667 Å². The van der Waals surface area contributed by atoms with Crippen molar-refractivity contribution >= 4 is 110 Å². The first kappa shape index (κ1) is 90.5. The van der Waals surface area contributed by atoms with Gasteiger partial charge in [0.2, 0.25) is 12.6 Å². The van der Waals surface area contributed by atoms with Gasteiger partial charge in [-0.3, -0.25) is 28.2 Å². The summed E-state index contributed by atoms with van der Waals surface area (Å²) in [5, 5.41) is 34.6. The van der Waals surface area contributed by atoms with Crippen LogP contribution in [0.15, 0.2) is 116 Å². The number of anilines is 2. The van der Waals surface area contributed by atoms with Gasteiger partial charge in [0, 0.05) is 39.5 Å². The number of hydrogen-bond donors (Lipinski definition) is 8. The molecule has 10 unspecified atom stereocenters. The summed E-state index contributed by atoms with van der Waals surface area (Å²) >= 11 is 10.0. The smallest absolute Gasteiger partial charge is 0.463 e. The number of aliphatic hydroxyl groups excluding tert-OH is 2. The summed E-state index contributed by atoms with van der Waals surface area (Å²) in [5.41, 5.74) is 8.30. The highest BCUT2D eigenvalue weighted by molar-refractivity contribution is 8.08. The molecule has 5 aliphatic rings. The molecule has 0 saturated carbocycles. The monoisotopic (exact) mass is 1730 g/mol. The summed E-state index contributed by atoms with van der Waals surface area (Å²) in [5.74, 6) is -6.37. The molecule has 630 valence electrons. The van der Waals surface area contributed by atoms with E-state index in [2.05, 4.69) is 25.4 Å². The van der Waals surface area contributed by atoms with E-state index in [-0.39, 0.29) is 18.9 Å². The van der Waals surface area contributed by atoms with Crippen LogP contribution in [0.5, 0.6) is 0 Å². The molecule has 4 aromatic heterocycles. The lowest BCUT2D eigenvalue weighted by Crippen LogP contribution is -2.55. The fourth-order valence-electron chi connectivity index (χ4n) is 13.9. The van der Waals surface area contributed by atoms with Crippen LogP contribution in [0.25, 0.3) is 22.1 Å². The van der Waals surface area contributed by atoms with Crippen LogP contribution in [0.2, 0.25) is 0 Å². The molecular formula is C69H90F2N10O28P4S2. The van der Waals surface area contributed by atoms with Crippen LogP contribution in [-0.4, -0.2) is 211 Å². The predicted molar refractivity (Wildman–Crippen MR) is 405 cm³/mol. The van der Waals surface area contributed by atoms with E-state index in [0.29, 0.717) is 22.2 Å². The van der Waals surface area contributed by atoms with Crippen LogP contribution in [0.1, 0.15) is 106 Å². The molecule has 0 spiro atoms. The third kappa shape index (κ3) is 21.2. The number of phosphoric ester groups is 2. The van der Waals surface area contributed by atoms with Gasteiger partial charge in [-0.05, 0) is 66.0 Å². The van der Waals surface area contributed by atoms with Crippen LogP contribution in [0.3, 0.4) is 0 Å². The average molecular weight is 1730 g/mol. The molecule has 3 aromatic carbocycles. The molecule has 9 N–H and O–H groups in total. The Hall–Kier alpha value is -6.86. The molecule has 0 aliphatic carbocycles. The van der Waals surface area contributed by atoms with E-state index in [1.807, 2.05) is 91.0 Å². The Morgan fingerprint density at radius 3 is 1.44 bits per heavy atom. The number of nitrogen functional groups attached to an aromatic ring is 1. The third-order valence-electron chi connectivity index (χ3n) is 19.4. The van der Waals surface area contributed by atoms with Crippen LogP contribution in [-0.2, 0) is 132 Å². The van der Waals surface area contributed by atoms with Crippen molar-refractivity contribution in [3.8, 4) is 0 Å². The summed E-state index contributed by atoms with van der Waals surface area (Å²) in [7, 11) is -10.9. The highest BCUT2D eigenvalue weighted by atomic mass is 32.5. The number of carbonyl (C=O) groups is 4. The molecule has 115 heavy (non-hydrogen) atoms. The number of nitrogens with two attached hydrogens (primary N) is 1. The highest BCUT2D eigenvalue weighted by Gasteiger charge is 2.58. The van der Waals surface area contributed by atoms with E-state index in [4.69, 9.17) is 114 Å². The van der Waals surface area contributed by atoms with Crippen LogP contribution in [0.4, 0.5) is 20.4 Å². The maximum absolute atomic E-state index is 15.3. The molecule has 0 amide bonds. The van der Waals surface area contributed by atoms with Crippen molar-refractivity contribution in [2.75, 3.05) is 37.5 Å². The number of aromatic nitrogens is 8. The summed E-state index contributed by atoms with van der Waals surface area (Å²) in [4.78, 5) is 107. The third-order valence-corrected chi connectivity index (χ3v) is 26.5. The molecule has 0 radical (unpaired) electrons. The lowest BCUT2D eigenvalue weighted by atomic mass is 9.77. The SMILES string of the molecule is C.CC(=O)OC[C@H](F)C1O[C@@H](OP(=O)(O)OP(O)(=S)OC[C@H]2O[C@@H](n3ncc4c(N)ncnc43)C(O)[C@H]2O)C(OC(C)=O)[C@@H](C)[C@@H]1C.CC(=O)OC[C@H](F)C1O[C@@H](OP(=O)(O)OP(O)(=S)OC[C@H]2O[C@@H](n3ncc4c(NC(c5ccccc5)(c5ccccc5)c5ccccc5)ncnc43)C3OC(C)(C)O[C@H]32)C(OC(C)=O)[C@@H](C)[C@@H]1C. The summed E-state index contributed by atoms with van der Waals surface area (Å²) in [6, 6.07) is 30.0. The van der Waals surface area contributed by atoms with Crippen molar-refractivity contribution in [3.63, 3.8) is 0 Å². The number of esters is 4. The van der Waals surface area contributed by atoms with E-state index < -0.39 is 213 Å². The largest absolute Gasteiger partial charge is 0.481 e. The maximum Gasteiger partial charge on any atom is 0.481 e. The number of alkyl halides is 2. The molecule has 7 aromatic rings. The summed E-state index contributed by atoms with van der Waals surface area (Å²) in [6.45, 7) is 2.08. The van der Waals surface area contributed by atoms with Gasteiger partial charge in [0.15, 0.2) is 54.1 Å². The lowest BCUT2D eigenvalue weighted by molar-refractivity contribution is -0.262. The first-order valence-corrected chi connectivity index (χ1v) is 43.5. The second kappa shape index (κ2) is 37.2. The van der Waals surface area contributed by atoms with Crippen LogP contribution < -0.4 is 11.1 Å². The summed E-state index contributed by atoms with van der Waals surface area (Å²) in [6.07, 6.45) is -16.9. The van der Waals surface area contributed by atoms with E-state index in [1.165, 1.54) is 17.2 Å². The Bertz CT molecular complexity index is 4660. The number of phosphoric acid groups is 2. The molecule has 24 atom stereocenters. The van der Waals surface area contributed by atoms with Gasteiger partial charge < -0.3 is 97.3 Å². The van der Waals surface area contributed by atoms with E-state index in [0.717, 1.165) is 55.4 Å². The number of fused-ring (bicyclic) bond motifs is 3. The van der Waals surface area contributed by atoms with Crippen molar-refractivity contribution in [2.45, 2.75) is 186 Å². The zero-order valence-corrected chi connectivity index (χ0v) is 67.7. The Morgan fingerprint density at radius 1 is 0.583 bits per heavy atom. The quantitative estimate of drug-likeness (QED) is 0.00962. The minimum Gasteiger partial charge on any atom is -0.463 e. The highest BCUT2D eigenvalue weighted by Crippen LogP contribution is 2.64. The number of rotatable bonds is 29. The van der Waals surface area contributed by atoms with Crippen molar-refractivity contribution < 1.29 is 141 Å². The second-order valence-corrected chi connectivity index (χ2v) is 36.5. The number of hydrogen-bond acceptors (Lipinski definition) is 34. The number of nitrogens with one attached hydrogen (secondary N) is 1. The summed E-state index contributed by atoms with van der Waals surface area (Å²) < 4.78 is 146. The standard InChI is InChI=1S/C45H52FN5O14P2S.C23H34FN5O14P2S.CH4/c1-26-27(2)37(59-29(4)53)43(61-36(26)34(46)23-57-28(3)52)64-66(54,55)65-67(56,68)58-24-35-38-39(63-44(5,6)62-38)42(60-35)51-41-33(22-49-51)40(47-25-48-41)50-45(30-16-10-7-11-17-30,31-18-12-8-13-19-31)32-20-14-9-15-21-32;1-9-10(2)19(39-12(4)31)23(41-18(9)14(24)6-37-11(3)30)42-44(34,35)43-45(36,46)38-7-15-16(32)17(33)22(40-15)29-21-13(5-28-29)20(25)26-8-27-21;/h7-22,25-27,34-39,42-43H,23-24H2,1-6H3,(H,54,55)(H,56,68)(H,47,48,50);5,8-10,14-19,22-23,32-33H,6-7H2,1-4H3,(H,34,35)(H,36,46)(H2,25,26,27);1H4/t26-,27-,34-,35+,36?,37?,38-,39?,42+,43-,67?;9-,10-,14-,15+,16-,17?,18?,19?,22+,23-,45?;/m00./s1. The minimum atomic E-state index is -5.44. The average Bonchev–Trinajstić information content (AvgIpc) is 1.70. The zero-order valence-electron chi connectivity index (χ0n) is 62.5. The van der Waals surface area contributed by atoms with Gasteiger partial charge in [-0.25, -0.2) is 55.8 Å². The van der Waals surface area contributed by atoms with Gasteiger partial charge in [-0.2, -0.15) is 10.2 Å². The molecule has 38 nitrogen and oxygen atoms in total.